The van der Waals surface area contributed by atoms with Crippen LogP contribution in [0.2, 0.25) is 0 Å². The summed E-state index contributed by atoms with van der Waals surface area (Å²) < 4.78 is 5.73. The molecule has 20 heavy (non-hydrogen) atoms. The summed E-state index contributed by atoms with van der Waals surface area (Å²) in [5.41, 5.74) is 7.51. The highest BCUT2D eigenvalue weighted by Crippen LogP contribution is 2.22. The molecule has 1 aliphatic heterocycles. The van der Waals surface area contributed by atoms with Crippen molar-refractivity contribution in [3.05, 3.63) is 24.3 Å². The highest BCUT2D eigenvalue weighted by atomic mass is 16.5. The van der Waals surface area contributed by atoms with Crippen LogP contribution in [0, 0.1) is 0 Å². The van der Waals surface area contributed by atoms with Gasteiger partial charge in [0.1, 0.15) is 0 Å². The Hall–Kier alpha value is -1.88. The van der Waals surface area contributed by atoms with Crippen molar-refractivity contribution in [3.63, 3.8) is 0 Å². The zero-order valence-electron chi connectivity index (χ0n) is 11.7. The Labute approximate surface area is 118 Å². The van der Waals surface area contributed by atoms with Crippen molar-refractivity contribution < 1.29 is 4.74 Å². The Morgan fingerprint density at radius 1 is 1.30 bits per heavy atom. The molecule has 5 nitrogen and oxygen atoms in total. The second kappa shape index (κ2) is 5.63. The molecule has 5 heteroatoms. The van der Waals surface area contributed by atoms with Gasteiger partial charge >= 0.3 is 0 Å². The smallest absolute Gasteiger partial charge is 0.257 e. The Kier molecular flexibility index (Phi) is 3.69. The molecule has 0 aliphatic carbocycles. The first kappa shape index (κ1) is 13.1. The highest BCUT2D eigenvalue weighted by Gasteiger charge is 2.20. The number of likely N-dealkylation sites (tertiary alicyclic amines) is 1. The fourth-order valence-electron chi connectivity index (χ4n) is 2.74. The van der Waals surface area contributed by atoms with E-state index in [0.717, 1.165) is 17.5 Å². The minimum atomic E-state index is 0.364. The highest BCUT2D eigenvalue weighted by molar-refractivity contribution is 5.76. The van der Waals surface area contributed by atoms with Gasteiger partial charge < -0.3 is 15.4 Å². The molecule has 1 fully saturated rings. The second-order valence-corrected chi connectivity index (χ2v) is 5.32. The number of aromatic nitrogens is 2. The van der Waals surface area contributed by atoms with Crippen LogP contribution < -0.4 is 10.5 Å². The predicted molar refractivity (Wildman–Crippen MR) is 79.7 cm³/mol. The Balaban J connectivity index is 1.66. The number of nitrogens with two attached hydrogens (primary N) is 1. The summed E-state index contributed by atoms with van der Waals surface area (Å²) in [7, 11) is 2.17. The predicted octanol–water partition coefficient (Wildman–Crippen LogP) is 2.08. The van der Waals surface area contributed by atoms with Crippen molar-refractivity contribution in [1.82, 2.24) is 14.9 Å². The topological polar surface area (TPSA) is 64.3 Å². The molecule has 0 saturated carbocycles. The monoisotopic (exact) mass is 272 g/mol. The van der Waals surface area contributed by atoms with Gasteiger partial charge in [0.25, 0.3) is 5.88 Å². The molecule has 0 spiro atoms. The lowest BCUT2D eigenvalue weighted by molar-refractivity contribution is 0.229. The summed E-state index contributed by atoms with van der Waals surface area (Å²) >= 11 is 0. The average molecular weight is 272 g/mol. The maximum absolute atomic E-state index is 5.90. The number of fused-ring (bicyclic) bond motifs is 1. The summed E-state index contributed by atoms with van der Waals surface area (Å²) in [5.74, 6) is 0.813. The zero-order chi connectivity index (χ0) is 13.9. The molecule has 1 aromatic carbocycles. The minimum Gasteiger partial charge on any atom is -0.475 e. The van der Waals surface area contributed by atoms with Gasteiger partial charge in [-0.15, -0.1) is 0 Å². The van der Waals surface area contributed by atoms with Crippen molar-refractivity contribution >= 4 is 16.9 Å². The van der Waals surface area contributed by atoms with Crippen LogP contribution in [0.4, 0.5) is 5.82 Å². The van der Waals surface area contributed by atoms with E-state index in [1.807, 2.05) is 24.3 Å². The zero-order valence-corrected chi connectivity index (χ0v) is 11.7. The molecule has 2 heterocycles. The maximum Gasteiger partial charge on any atom is 0.257 e. The fourth-order valence-corrected chi connectivity index (χ4v) is 2.74. The molecule has 1 saturated heterocycles. The quantitative estimate of drug-likeness (QED) is 0.923. The van der Waals surface area contributed by atoms with Gasteiger partial charge in [-0.05, 0) is 45.0 Å². The molecular formula is C15H20N4O. The summed E-state index contributed by atoms with van der Waals surface area (Å²) in [5, 5.41) is 0. The van der Waals surface area contributed by atoms with Crippen molar-refractivity contribution in [1.29, 1.82) is 0 Å². The number of anilines is 1. The lowest BCUT2D eigenvalue weighted by atomic mass is 10.1. The number of nitrogens with zero attached hydrogens (tertiary/aromatic N) is 3. The third kappa shape index (κ3) is 2.67. The Bertz CT molecular complexity index is 601. The summed E-state index contributed by atoms with van der Waals surface area (Å²) in [6, 6.07) is 8.29. The average Bonchev–Trinajstić information content (AvgIpc) is 2.85. The molecule has 1 aromatic heterocycles. The molecule has 0 radical (unpaired) electrons. The number of rotatable bonds is 4. The number of benzene rings is 1. The number of hydrogen-bond acceptors (Lipinski definition) is 5. The molecule has 0 amide bonds. The fraction of sp³-hybridized carbons (Fsp3) is 0.467. The van der Waals surface area contributed by atoms with E-state index in [0.29, 0.717) is 24.3 Å². The Morgan fingerprint density at radius 3 is 2.75 bits per heavy atom. The van der Waals surface area contributed by atoms with Gasteiger partial charge in [0.15, 0.2) is 5.82 Å². The first-order valence-corrected chi connectivity index (χ1v) is 7.09. The third-order valence-corrected chi connectivity index (χ3v) is 3.93. The van der Waals surface area contributed by atoms with E-state index in [1.54, 1.807) is 0 Å². The molecule has 1 atom stereocenters. The van der Waals surface area contributed by atoms with Crippen LogP contribution in [-0.4, -0.2) is 41.1 Å². The van der Waals surface area contributed by atoms with Gasteiger partial charge in [-0.25, -0.2) is 9.97 Å². The molecular weight excluding hydrogens is 252 g/mol. The van der Waals surface area contributed by atoms with Gasteiger partial charge in [0.05, 0.1) is 17.6 Å². The normalized spacial score (nSPS) is 19.6. The molecule has 0 bridgehead atoms. The van der Waals surface area contributed by atoms with Gasteiger partial charge in [0, 0.05) is 6.04 Å². The number of para-hydroxylation sites is 2. The Morgan fingerprint density at radius 2 is 2.05 bits per heavy atom. The lowest BCUT2D eigenvalue weighted by Crippen LogP contribution is -2.26. The molecule has 1 unspecified atom stereocenters. The molecule has 106 valence electrons. The number of ether oxygens (including phenoxy) is 1. The van der Waals surface area contributed by atoms with Crippen LogP contribution in [0.5, 0.6) is 5.88 Å². The number of hydrogen-bond donors (Lipinski definition) is 1. The maximum atomic E-state index is 5.90. The van der Waals surface area contributed by atoms with E-state index in [-0.39, 0.29) is 0 Å². The van der Waals surface area contributed by atoms with Crippen LogP contribution in [0.3, 0.4) is 0 Å². The second-order valence-electron chi connectivity index (χ2n) is 5.32. The van der Waals surface area contributed by atoms with E-state index >= 15 is 0 Å². The van der Waals surface area contributed by atoms with E-state index < -0.39 is 0 Å². The molecule has 2 N–H and O–H groups in total. The molecule has 1 aliphatic rings. The first-order chi connectivity index (χ1) is 9.74. The van der Waals surface area contributed by atoms with Crippen molar-refractivity contribution in [2.75, 3.05) is 25.9 Å². The summed E-state index contributed by atoms with van der Waals surface area (Å²) in [6.07, 6.45) is 3.53. The van der Waals surface area contributed by atoms with E-state index in [2.05, 4.69) is 21.9 Å². The van der Waals surface area contributed by atoms with Crippen LogP contribution in [0.25, 0.3) is 11.0 Å². The van der Waals surface area contributed by atoms with Gasteiger partial charge in [-0.1, -0.05) is 12.1 Å². The van der Waals surface area contributed by atoms with Crippen molar-refractivity contribution in [2.24, 2.45) is 0 Å². The lowest BCUT2D eigenvalue weighted by Gasteiger charge is -2.19. The minimum absolute atomic E-state index is 0.364. The summed E-state index contributed by atoms with van der Waals surface area (Å²) in [4.78, 5) is 11.1. The van der Waals surface area contributed by atoms with Crippen LogP contribution >= 0.6 is 0 Å². The third-order valence-electron chi connectivity index (χ3n) is 3.93. The van der Waals surface area contributed by atoms with Crippen LogP contribution in [0.15, 0.2) is 24.3 Å². The van der Waals surface area contributed by atoms with Gasteiger partial charge in [0.2, 0.25) is 0 Å². The van der Waals surface area contributed by atoms with E-state index in [4.69, 9.17) is 10.5 Å². The van der Waals surface area contributed by atoms with Gasteiger partial charge in [-0.2, -0.15) is 0 Å². The SMILES string of the molecule is CN1CCCC1CCOc1nc2ccccc2nc1N. The van der Waals surface area contributed by atoms with Crippen molar-refractivity contribution in [2.45, 2.75) is 25.3 Å². The largest absolute Gasteiger partial charge is 0.475 e. The molecule has 2 aromatic rings. The van der Waals surface area contributed by atoms with E-state index in [9.17, 15) is 0 Å². The van der Waals surface area contributed by atoms with Crippen LogP contribution in [-0.2, 0) is 0 Å². The number of nitrogen functional groups attached to an aromatic ring is 1. The summed E-state index contributed by atoms with van der Waals surface area (Å²) in [6.45, 7) is 1.81. The van der Waals surface area contributed by atoms with E-state index in [1.165, 1.54) is 19.4 Å². The molecule has 3 rings (SSSR count). The van der Waals surface area contributed by atoms with Crippen LogP contribution in [0.1, 0.15) is 19.3 Å². The van der Waals surface area contributed by atoms with Gasteiger partial charge in [-0.3, -0.25) is 0 Å². The standard InChI is InChI=1S/C15H20N4O/c1-19-9-4-5-11(19)8-10-20-15-14(16)17-12-6-2-3-7-13(12)18-15/h2-3,6-7,11H,4-5,8-10H2,1H3,(H2,16,17). The first-order valence-electron chi connectivity index (χ1n) is 7.09. The van der Waals surface area contributed by atoms with Crippen molar-refractivity contribution in [3.8, 4) is 5.88 Å².